The van der Waals surface area contributed by atoms with Gasteiger partial charge in [-0.1, -0.05) is 23.5 Å². The summed E-state index contributed by atoms with van der Waals surface area (Å²) >= 11 is 1.46. The number of aliphatic hydroxyl groups excluding tert-OH is 1. The summed E-state index contributed by atoms with van der Waals surface area (Å²) in [4.78, 5) is 4.03. The molecule has 0 saturated heterocycles. The largest absolute Gasteiger partial charge is 0.431 e. The quantitative estimate of drug-likeness (QED) is 0.862. The third-order valence-corrected chi connectivity index (χ3v) is 2.59. The molecule has 0 aliphatic rings. The Labute approximate surface area is 92.0 Å². The summed E-state index contributed by atoms with van der Waals surface area (Å²) in [5, 5.41) is 11.3. The number of benzene rings is 1. The van der Waals surface area contributed by atoms with Crippen molar-refractivity contribution in [2.75, 3.05) is 6.61 Å². The second-order valence-electron chi connectivity index (χ2n) is 3.02. The average molecular weight is 221 g/mol. The van der Waals surface area contributed by atoms with Gasteiger partial charge in [-0.2, -0.15) is 0 Å². The van der Waals surface area contributed by atoms with Gasteiger partial charge in [-0.3, -0.25) is 0 Å². The van der Waals surface area contributed by atoms with E-state index in [4.69, 9.17) is 9.84 Å². The summed E-state index contributed by atoms with van der Waals surface area (Å²) in [5.41, 5.74) is 1.10. The minimum Gasteiger partial charge on any atom is -0.431 e. The molecule has 0 amide bonds. The van der Waals surface area contributed by atoms with Crippen LogP contribution < -0.4 is 4.74 Å². The van der Waals surface area contributed by atoms with E-state index in [-0.39, 0.29) is 6.61 Å². The molecule has 0 aliphatic heterocycles. The smallest absolute Gasteiger partial charge is 0.278 e. The predicted octanol–water partition coefficient (Wildman–Crippen LogP) is 2.47. The molecule has 1 aromatic heterocycles. The van der Waals surface area contributed by atoms with Crippen molar-refractivity contribution < 1.29 is 9.84 Å². The Morgan fingerprint density at radius 3 is 2.67 bits per heavy atom. The first-order valence-electron chi connectivity index (χ1n) is 4.65. The minimum atomic E-state index is 0.173. The van der Waals surface area contributed by atoms with Crippen LogP contribution in [-0.4, -0.2) is 16.7 Å². The normalized spacial score (nSPS) is 10.2. The summed E-state index contributed by atoms with van der Waals surface area (Å²) in [5.74, 6) is 0.770. The lowest BCUT2D eigenvalue weighted by atomic mass is 10.1. The molecule has 0 bridgehead atoms. The van der Waals surface area contributed by atoms with E-state index in [1.165, 1.54) is 11.3 Å². The summed E-state index contributed by atoms with van der Waals surface area (Å²) < 4.78 is 5.50. The lowest BCUT2D eigenvalue weighted by Crippen LogP contribution is -1.90. The van der Waals surface area contributed by atoms with Gasteiger partial charge in [0.05, 0.1) is 0 Å². The van der Waals surface area contributed by atoms with Crippen molar-refractivity contribution in [3.8, 4) is 10.9 Å². The Morgan fingerprint density at radius 1 is 1.27 bits per heavy atom. The van der Waals surface area contributed by atoms with Gasteiger partial charge in [-0.15, -0.1) is 0 Å². The zero-order valence-corrected chi connectivity index (χ0v) is 8.91. The summed E-state index contributed by atoms with van der Waals surface area (Å²) in [6.45, 7) is 0.173. The van der Waals surface area contributed by atoms with Crippen molar-refractivity contribution in [3.05, 3.63) is 41.4 Å². The molecule has 1 heterocycles. The van der Waals surface area contributed by atoms with Crippen LogP contribution in [0.15, 0.2) is 35.8 Å². The Hall–Kier alpha value is -1.39. The third kappa shape index (κ3) is 2.78. The van der Waals surface area contributed by atoms with E-state index in [0.29, 0.717) is 11.6 Å². The molecule has 0 atom stereocenters. The fourth-order valence-corrected chi connectivity index (χ4v) is 1.72. The highest BCUT2D eigenvalue weighted by molar-refractivity contribution is 7.11. The number of rotatable bonds is 4. The van der Waals surface area contributed by atoms with Gasteiger partial charge >= 0.3 is 0 Å². The molecule has 0 radical (unpaired) electrons. The fraction of sp³-hybridized carbons (Fsp3) is 0.182. The van der Waals surface area contributed by atoms with Crippen LogP contribution in [0, 0.1) is 0 Å². The fourth-order valence-electron chi connectivity index (χ4n) is 1.21. The Morgan fingerprint density at radius 2 is 2.07 bits per heavy atom. The van der Waals surface area contributed by atoms with Gasteiger partial charge in [-0.25, -0.2) is 4.98 Å². The highest BCUT2D eigenvalue weighted by Gasteiger charge is 1.99. The standard InChI is InChI=1S/C11H11NO2S/c13-7-5-9-1-3-10(4-2-9)14-11-12-6-8-15-11/h1-4,6,8,13H,5,7H2. The van der Waals surface area contributed by atoms with Crippen LogP contribution in [0.2, 0.25) is 0 Å². The molecule has 4 heteroatoms. The molecule has 0 saturated carbocycles. The zero-order chi connectivity index (χ0) is 10.5. The molecule has 0 fully saturated rings. The van der Waals surface area contributed by atoms with Crippen LogP contribution in [0.25, 0.3) is 0 Å². The molecular weight excluding hydrogens is 210 g/mol. The number of nitrogens with zero attached hydrogens (tertiary/aromatic N) is 1. The summed E-state index contributed by atoms with van der Waals surface area (Å²) in [6.07, 6.45) is 2.39. The molecule has 0 aliphatic carbocycles. The zero-order valence-electron chi connectivity index (χ0n) is 8.09. The highest BCUT2D eigenvalue weighted by atomic mass is 32.1. The molecule has 0 spiro atoms. The van der Waals surface area contributed by atoms with Crippen molar-refractivity contribution in [3.63, 3.8) is 0 Å². The monoisotopic (exact) mass is 221 g/mol. The van der Waals surface area contributed by atoms with Crippen molar-refractivity contribution in [1.29, 1.82) is 0 Å². The topological polar surface area (TPSA) is 42.4 Å². The maximum Gasteiger partial charge on any atom is 0.278 e. The first-order valence-corrected chi connectivity index (χ1v) is 5.53. The van der Waals surface area contributed by atoms with Crippen LogP contribution in [-0.2, 0) is 6.42 Å². The number of ether oxygens (including phenoxy) is 1. The highest BCUT2D eigenvalue weighted by Crippen LogP contribution is 2.23. The van der Waals surface area contributed by atoms with Gasteiger partial charge in [0.2, 0.25) is 0 Å². The molecule has 3 nitrogen and oxygen atoms in total. The van der Waals surface area contributed by atoms with E-state index in [9.17, 15) is 0 Å². The molecule has 15 heavy (non-hydrogen) atoms. The predicted molar refractivity (Wildman–Crippen MR) is 59.4 cm³/mol. The lowest BCUT2D eigenvalue weighted by Gasteiger charge is -2.02. The molecule has 2 aromatic rings. The van der Waals surface area contributed by atoms with Gasteiger partial charge in [0.15, 0.2) is 0 Å². The Bertz CT molecular complexity index is 397. The van der Waals surface area contributed by atoms with Crippen molar-refractivity contribution in [2.45, 2.75) is 6.42 Å². The number of aromatic nitrogens is 1. The summed E-state index contributed by atoms with van der Waals surface area (Å²) in [6, 6.07) is 7.65. The van der Waals surface area contributed by atoms with E-state index in [0.717, 1.165) is 11.3 Å². The minimum absolute atomic E-state index is 0.173. The molecule has 1 aromatic carbocycles. The van der Waals surface area contributed by atoms with E-state index >= 15 is 0 Å². The van der Waals surface area contributed by atoms with E-state index in [1.807, 2.05) is 29.6 Å². The first kappa shape index (κ1) is 10.1. The van der Waals surface area contributed by atoms with Crippen molar-refractivity contribution in [2.24, 2.45) is 0 Å². The van der Waals surface area contributed by atoms with Gasteiger partial charge in [0.25, 0.3) is 5.19 Å². The maximum atomic E-state index is 8.76. The first-order chi connectivity index (χ1) is 7.38. The number of thiazole rings is 1. The van der Waals surface area contributed by atoms with Gasteiger partial charge in [0.1, 0.15) is 5.75 Å². The number of hydrogen-bond donors (Lipinski definition) is 1. The van der Waals surface area contributed by atoms with Crippen LogP contribution in [0.1, 0.15) is 5.56 Å². The van der Waals surface area contributed by atoms with E-state index < -0.39 is 0 Å². The van der Waals surface area contributed by atoms with Gasteiger partial charge < -0.3 is 9.84 Å². The van der Waals surface area contributed by atoms with Crippen molar-refractivity contribution in [1.82, 2.24) is 4.98 Å². The van der Waals surface area contributed by atoms with Crippen molar-refractivity contribution >= 4 is 11.3 Å². The summed E-state index contributed by atoms with van der Waals surface area (Å²) in [7, 11) is 0. The van der Waals surface area contributed by atoms with Gasteiger partial charge in [-0.05, 0) is 24.1 Å². The molecular formula is C11H11NO2S. The maximum absolute atomic E-state index is 8.76. The lowest BCUT2D eigenvalue weighted by molar-refractivity contribution is 0.299. The van der Waals surface area contributed by atoms with Crippen LogP contribution in [0.3, 0.4) is 0 Å². The molecule has 78 valence electrons. The van der Waals surface area contributed by atoms with Crippen LogP contribution >= 0.6 is 11.3 Å². The molecule has 0 unspecified atom stereocenters. The van der Waals surface area contributed by atoms with Crippen LogP contribution in [0.4, 0.5) is 0 Å². The average Bonchev–Trinajstić information content (AvgIpc) is 2.74. The second-order valence-corrected chi connectivity index (χ2v) is 3.87. The van der Waals surface area contributed by atoms with E-state index in [1.54, 1.807) is 6.20 Å². The molecule has 2 rings (SSSR count). The van der Waals surface area contributed by atoms with Crippen LogP contribution in [0.5, 0.6) is 10.9 Å². The van der Waals surface area contributed by atoms with E-state index in [2.05, 4.69) is 4.98 Å². The second kappa shape index (κ2) is 4.91. The Balaban J connectivity index is 2.04. The third-order valence-electron chi connectivity index (χ3n) is 1.94. The van der Waals surface area contributed by atoms with Gasteiger partial charge in [0, 0.05) is 18.2 Å². The number of aliphatic hydroxyl groups is 1. The Kier molecular flexibility index (Phi) is 3.32. The number of hydrogen-bond acceptors (Lipinski definition) is 4. The SMILES string of the molecule is OCCc1ccc(Oc2nccs2)cc1. The molecule has 1 N–H and O–H groups in total.